The fraction of sp³-hybridized carbons (Fsp3) is 0.357. The van der Waals surface area contributed by atoms with Gasteiger partial charge < -0.3 is 19.0 Å². The molecule has 8 nitrogen and oxygen atoms in total. The first-order chi connectivity index (χ1) is 19.5. The molecule has 1 atom stereocenters. The summed E-state index contributed by atoms with van der Waals surface area (Å²) in [6, 6.07) is 8.64. The van der Waals surface area contributed by atoms with E-state index < -0.39 is 35.7 Å². The number of carbonyl (C=O) groups excluding carboxylic acids is 1. The van der Waals surface area contributed by atoms with Crippen LogP contribution in [0.15, 0.2) is 47.0 Å². The van der Waals surface area contributed by atoms with Crippen LogP contribution in [0.25, 0.3) is 11.3 Å². The Hall–Kier alpha value is -4.29. The minimum Gasteiger partial charge on any atom is -0.496 e. The lowest BCUT2D eigenvalue weighted by atomic mass is 9.74. The number of nitrogens with zero attached hydrogens (tertiary/aromatic N) is 4. The summed E-state index contributed by atoms with van der Waals surface area (Å²) >= 11 is 0. The number of aryl methyl sites for hydroxylation is 1. The third kappa shape index (κ3) is 5.79. The summed E-state index contributed by atoms with van der Waals surface area (Å²) in [4.78, 5) is 17.5. The van der Waals surface area contributed by atoms with Gasteiger partial charge in [0, 0.05) is 19.9 Å². The van der Waals surface area contributed by atoms with Gasteiger partial charge >= 0.3 is 6.18 Å². The number of fused-ring (bicyclic) bond motifs is 1. The lowest BCUT2D eigenvalue weighted by molar-refractivity contribution is -0.142. The topological polar surface area (TPSA) is 95.1 Å². The van der Waals surface area contributed by atoms with E-state index >= 15 is 0 Å². The Morgan fingerprint density at radius 3 is 2.59 bits per heavy atom. The van der Waals surface area contributed by atoms with Crippen molar-refractivity contribution < 1.29 is 35.9 Å². The molecule has 1 amide bonds. The highest BCUT2D eigenvalue weighted by molar-refractivity contribution is 5.88. The van der Waals surface area contributed by atoms with Crippen molar-refractivity contribution in [2.45, 2.75) is 50.7 Å². The molecule has 2 aromatic carbocycles. The van der Waals surface area contributed by atoms with E-state index in [2.05, 4.69) is 15.2 Å². The molecular formula is C28H26F5N5O3. The molecule has 1 N–H and O–H groups in total. The van der Waals surface area contributed by atoms with Gasteiger partial charge in [0.05, 0.1) is 18.9 Å². The zero-order valence-corrected chi connectivity index (χ0v) is 22.2. The first-order valence-corrected chi connectivity index (χ1v) is 12.8. The predicted octanol–water partition coefficient (Wildman–Crippen LogP) is 5.07. The molecule has 1 unspecified atom stereocenters. The van der Waals surface area contributed by atoms with E-state index in [1.54, 1.807) is 17.7 Å². The Morgan fingerprint density at radius 2 is 1.90 bits per heavy atom. The Labute approximate surface area is 231 Å². The highest BCUT2D eigenvalue weighted by Crippen LogP contribution is 2.38. The van der Waals surface area contributed by atoms with E-state index in [0.29, 0.717) is 41.8 Å². The van der Waals surface area contributed by atoms with Crippen LogP contribution in [0, 0.1) is 18.6 Å². The van der Waals surface area contributed by atoms with Gasteiger partial charge in [-0.2, -0.15) is 13.2 Å². The zero-order chi connectivity index (χ0) is 29.4. The lowest BCUT2D eigenvalue weighted by Crippen LogP contribution is -2.51. The molecule has 5 rings (SSSR count). The largest absolute Gasteiger partial charge is 0.496 e. The van der Waals surface area contributed by atoms with Crippen molar-refractivity contribution in [1.82, 2.24) is 25.1 Å². The Morgan fingerprint density at radius 1 is 1.12 bits per heavy atom. The van der Waals surface area contributed by atoms with Gasteiger partial charge in [0.1, 0.15) is 29.4 Å². The molecule has 216 valence electrons. The number of carbonyl (C=O) groups is 1. The van der Waals surface area contributed by atoms with E-state index in [1.165, 1.54) is 13.2 Å². The number of hydrogen-bond donors (Lipinski definition) is 1. The van der Waals surface area contributed by atoms with Gasteiger partial charge in [-0.3, -0.25) is 4.79 Å². The van der Waals surface area contributed by atoms with Crippen LogP contribution in [0.5, 0.6) is 5.75 Å². The van der Waals surface area contributed by atoms with Gasteiger partial charge in [-0.15, -0.1) is 10.2 Å². The maximum absolute atomic E-state index is 14.0. The number of oxazole rings is 1. The highest BCUT2D eigenvalue weighted by atomic mass is 19.4. The van der Waals surface area contributed by atoms with Crippen molar-refractivity contribution in [3.05, 3.63) is 82.9 Å². The van der Waals surface area contributed by atoms with Crippen LogP contribution in [-0.4, -0.2) is 45.5 Å². The summed E-state index contributed by atoms with van der Waals surface area (Å²) < 4.78 is 79.5. The monoisotopic (exact) mass is 575 g/mol. The lowest BCUT2D eigenvalue weighted by Gasteiger charge is -2.36. The quantitative estimate of drug-likeness (QED) is 0.295. The number of amides is 1. The summed E-state index contributed by atoms with van der Waals surface area (Å²) in [6.07, 6.45) is -2.38. The van der Waals surface area contributed by atoms with Gasteiger partial charge in [0.25, 0.3) is 0 Å². The average molecular weight is 576 g/mol. The van der Waals surface area contributed by atoms with E-state index in [4.69, 9.17) is 9.15 Å². The molecule has 13 heteroatoms. The van der Waals surface area contributed by atoms with E-state index in [9.17, 15) is 26.7 Å². The van der Waals surface area contributed by atoms with Crippen molar-refractivity contribution in [2.24, 2.45) is 0 Å². The van der Waals surface area contributed by atoms with Crippen LogP contribution in [-0.2, 0) is 29.6 Å². The highest BCUT2D eigenvalue weighted by Gasteiger charge is 2.47. The van der Waals surface area contributed by atoms with Crippen LogP contribution in [0.2, 0.25) is 0 Å². The standard InChI is InChI=1S/C28H26F5N5O3/c1-16-34-14-23(41-16)19-6-4-17(11-22(19)40-2)12-24-36-37-25-27(8-3-9-38(24)25,26(39)35-15-28(31,32)33)13-18-5-7-20(29)21(30)10-18/h4-7,10-11,14H,3,8-9,12-13,15H2,1-2H3,(H,35,39). The SMILES string of the molecule is COc1cc(Cc2nnc3n2CCCC3(Cc2ccc(F)c(F)c2)C(=O)NCC(F)(F)F)ccc1-c1cnc(C)o1. The first kappa shape index (κ1) is 28.2. The summed E-state index contributed by atoms with van der Waals surface area (Å²) in [6.45, 7) is 0.619. The Balaban J connectivity index is 1.50. The number of hydrogen-bond acceptors (Lipinski definition) is 6. The van der Waals surface area contributed by atoms with Crippen molar-refractivity contribution in [3.8, 4) is 17.1 Å². The number of halogens is 5. The molecule has 0 aliphatic carbocycles. The van der Waals surface area contributed by atoms with E-state index in [-0.39, 0.29) is 30.7 Å². The Bertz CT molecular complexity index is 1580. The second kappa shape index (κ2) is 10.9. The van der Waals surface area contributed by atoms with Gasteiger partial charge in [-0.25, -0.2) is 13.8 Å². The minimum absolute atomic E-state index is 0.146. The summed E-state index contributed by atoms with van der Waals surface area (Å²) in [5.74, 6) is -0.858. The minimum atomic E-state index is -4.64. The fourth-order valence-electron chi connectivity index (χ4n) is 5.23. The molecule has 2 aromatic heterocycles. The molecule has 0 spiro atoms. The molecule has 4 aromatic rings. The van der Waals surface area contributed by atoms with Crippen molar-refractivity contribution in [3.63, 3.8) is 0 Å². The summed E-state index contributed by atoms with van der Waals surface area (Å²) in [7, 11) is 1.52. The smallest absolute Gasteiger partial charge is 0.405 e. The normalized spacial score (nSPS) is 16.9. The first-order valence-electron chi connectivity index (χ1n) is 12.8. The van der Waals surface area contributed by atoms with Crippen molar-refractivity contribution >= 4 is 5.91 Å². The zero-order valence-electron chi connectivity index (χ0n) is 22.2. The van der Waals surface area contributed by atoms with Gasteiger partial charge in [0.15, 0.2) is 23.3 Å². The summed E-state index contributed by atoms with van der Waals surface area (Å²) in [5.41, 5.74) is 0.166. The molecule has 0 bridgehead atoms. The van der Waals surface area contributed by atoms with Crippen LogP contribution in [0.4, 0.5) is 22.0 Å². The molecule has 3 heterocycles. The molecular weight excluding hydrogens is 549 g/mol. The van der Waals surface area contributed by atoms with Crippen molar-refractivity contribution in [1.29, 1.82) is 0 Å². The van der Waals surface area contributed by atoms with Crippen LogP contribution in [0.3, 0.4) is 0 Å². The number of rotatable bonds is 8. The van der Waals surface area contributed by atoms with Crippen molar-refractivity contribution in [2.75, 3.05) is 13.7 Å². The number of methoxy groups -OCH3 is 1. The molecule has 1 aliphatic heterocycles. The molecule has 0 radical (unpaired) electrons. The Kier molecular flexibility index (Phi) is 7.54. The molecule has 0 saturated heterocycles. The van der Waals surface area contributed by atoms with E-state index in [0.717, 1.165) is 17.7 Å². The molecule has 41 heavy (non-hydrogen) atoms. The third-order valence-electron chi connectivity index (χ3n) is 7.13. The second-order valence-electron chi connectivity index (χ2n) is 9.96. The fourth-order valence-corrected chi connectivity index (χ4v) is 5.23. The van der Waals surface area contributed by atoms with Gasteiger partial charge in [-0.05, 0) is 54.7 Å². The summed E-state index contributed by atoms with van der Waals surface area (Å²) in [5, 5.41) is 10.5. The predicted molar refractivity (Wildman–Crippen MR) is 136 cm³/mol. The van der Waals surface area contributed by atoms with E-state index in [1.807, 2.05) is 23.5 Å². The van der Waals surface area contributed by atoms with Crippen LogP contribution >= 0.6 is 0 Å². The van der Waals surface area contributed by atoms with Crippen LogP contribution < -0.4 is 10.1 Å². The van der Waals surface area contributed by atoms with Crippen LogP contribution in [0.1, 0.15) is 41.5 Å². The van der Waals surface area contributed by atoms with Gasteiger partial charge in [0.2, 0.25) is 5.91 Å². The molecule has 0 saturated carbocycles. The maximum atomic E-state index is 14.0. The maximum Gasteiger partial charge on any atom is 0.405 e. The molecule has 0 fully saturated rings. The molecule has 1 aliphatic rings. The second-order valence-corrected chi connectivity index (χ2v) is 9.96. The number of benzene rings is 2. The number of alkyl halides is 3. The number of aromatic nitrogens is 4. The third-order valence-corrected chi connectivity index (χ3v) is 7.13. The average Bonchev–Trinajstić information content (AvgIpc) is 3.55. The number of nitrogens with one attached hydrogen (secondary N) is 1. The van der Waals surface area contributed by atoms with Gasteiger partial charge in [-0.1, -0.05) is 12.1 Å². The number of ether oxygens (including phenoxy) is 1.